The van der Waals surface area contributed by atoms with Gasteiger partial charge in [-0.15, -0.1) is 0 Å². The van der Waals surface area contributed by atoms with Crippen molar-refractivity contribution in [3.05, 3.63) is 11.6 Å². The van der Waals surface area contributed by atoms with Gasteiger partial charge in [0.1, 0.15) is 42.7 Å². The number of rotatable bonds is 10. The molecule has 0 bridgehead atoms. The van der Waals surface area contributed by atoms with E-state index in [2.05, 4.69) is 33.8 Å². The van der Waals surface area contributed by atoms with Gasteiger partial charge in [0.25, 0.3) is 0 Å². The van der Waals surface area contributed by atoms with Gasteiger partial charge in [-0.25, -0.2) is 0 Å². The van der Waals surface area contributed by atoms with Crippen molar-refractivity contribution in [1.29, 1.82) is 0 Å². The first kappa shape index (κ1) is 42.8. The van der Waals surface area contributed by atoms with Gasteiger partial charge < -0.3 is 64.9 Å². The molecule has 0 spiro atoms. The average molecular weight is 771 g/mol. The molecule has 4 saturated carbocycles. The van der Waals surface area contributed by atoms with Crippen LogP contribution in [0.15, 0.2) is 11.6 Å². The lowest BCUT2D eigenvalue weighted by Crippen LogP contribution is -2.68. The third-order valence-electron chi connectivity index (χ3n) is 16.3. The molecule has 0 radical (unpaired) electrons. The number of ether oxygens (including phenoxy) is 4. The minimum absolute atomic E-state index is 0.0266. The molecular weight excluding hydrogens is 700 g/mol. The fourth-order valence-corrected chi connectivity index (χ4v) is 12.9. The molecule has 54 heavy (non-hydrogen) atoms. The van der Waals surface area contributed by atoms with Crippen LogP contribution in [0.25, 0.3) is 0 Å². The van der Waals surface area contributed by atoms with E-state index in [9.17, 15) is 46.0 Å². The van der Waals surface area contributed by atoms with Crippen molar-refractivity contribution in [1.82, 2.24) is 0 Å². The third kappa shape index (κ3) is 6.86. The highest BCUT2D eigenvalue weighted by molar-refractivity contribution is 5.21. The highest BCUT2D eigenvalue weighted by Crippen LogP contribution is 2.76. The van der Waals surface area contributed by atoms with Gasteiger partial charge in [0, 0.05) is 12.0 Å². The summed E-state index contributed by atoms with van der Waals surface area (Å²) in [6.07, 6.45) is -5.59. The van der Waals surface area contributed by atoms with Crippen molar-refractivity contribution in [2.45, 2.75) is 179 Å². The third-order valence-corrected chi connectivity index (χ3v) is 16.3. The van der Waals surface area contributed by atoms with Crippen LogP contribution in [0.5, 0.6) is 0 Å². The van der Waals surface area contributed by atoms with E-state index in [4.69, 9.17) is 18.9 Å². The van der Waals surface area contributed by atoms with Crippen LogP contribution in [0.4, 0.5) is 0 Å². The zero-order chi connectivity index (χ0) is 39.8. The van der Waals surface area contributed by atoms with E-state index in [-0.39, 0.29) is 59.7 Å². The first-order valence-electron chi connectivity index (χ1n) is 20.4. The summed E-state index contributed by atoms with van der Waals surface area (Å²) in [5.41, 5.74) is -1.09. The van der Waals surface area contributed by atoms with Crippen molar-refractivity contribution in [3.8, 4) is 0 Å². The zero-order valence-corrected chi connectivity index (χ0v) is 33.4. The summed E-state index contributed by atoms with van der Waals surface area (Å²) in [5.74, 6) is -0.147. The summed E-state index contributed by atoms with van der Waals surface area (Å²) in [5, 5.41) is 98.3. The Kier molecular flexibility index (Phi) is 12.2. The predicted molar refractivity (Wildman–Crippen MR) is 196 cm³/mol. The van der Waals surface area contributed by atoms with Crippen molar-refractivity contribution in [2.75, 3.05) is 19.8 Å². The maximum absolute atomic E-state index is 12.4. The molecule has 0 unspecified atom stereocenters. The molecule has 6 rings (SSSR count). The van der Waals surface area contributed by atoms with Crippen LogP contribution in [0.3, 0.4) is 0 Å². The molecule has 6 aliphatic rings. The van der Waals surface area contributed by atoms with Crippen LogP contribution in [0.1, 0.15) is 106 Å². The van der Waals surface area contributed by atoms with E-state index in [0.29, 0.717) is 25.7 Å². The average Bonchev–Trinajstić information content (AvgIpc) is 3.50. The van der Waals surface area contributed by atoms with Crippen LogP contribution >= 0.6 is 0 Å². The second-order valence-corrected chi connectivity index (χ2v) is 19.6. The lowest BCUT2D eigenvalue weighted by Gasteiger charge is -2.71. The maximum atomic E-state index is 12.4. The molecule has 0 aromatic carbocycles. The van der Waals surface area contributed by atoms with E-state index >= 15 is 0 Å². The Bertz CT molecular complexity index is 1340. The highest BCUT2D eigenvalue weighted by atomic mass is 16.7. The first-order valence-corrected chi connectivity index (χ1v) is 20.4. The fraction of sp³-hybridized carbons (Fsp3) is 0.951. The van der Waals surface area contributed by atoms with Gasteiger partial charge in [-0.3, -0.25) is 0 Å². The van der Waals surface area contributed by atoms with E-state index in [1.54, 1.807) is 0 Å². The highest BCUT2D eigenvalue weighted by Gasteiger charge is 2.72. The Balaban J connectivity index is 1.27. The van der Waals surface area contributed by atoms with E-state index in [1.165, 1.54) is 0 Å². The molecule has 2 saturated heterocycles. The summed E-state index contributed by atoms with van der Waals surface area (Å²) >= 11 is 0. The van der Waals surface area contributed by atoms with Gasteiger partial charge in [-0.2, -0.15) is 0 Å². The molecule has 6 fully saturated rings. The Morgan fingerprint density at radius 2 is 1.44 bits per heavy atom. The van der Waals surface area contributed by atoms with E-state index in [0.717, 1.165) is 37.7 Å². The predicted octanol–water partition coefficient (Wildman–Crippen LogP) is 1.76. The molecular formula is C41H70O13. The van der Waals surface area contributed by atoms with Crippen LogP contribution in [-0.2, 0) is 18.9 Å². The smallest absolute Gasteiger partial charge is 0.187 e. The molecule has 13 nitrogen and oxygen atoms in total. The summed E-state index contributed by atoms with van der Waals surface area (Å²) in [6.45, 7) is 14.4. The lowest BCUT2D eigenvalue weighted by molar-refractivity contribution is -0.345. The molecule has 9 N–H and O–H groups in total. The second-order valence-electron chi connectivity index (χ2n) is 19.6. The quantitative estimate of drug-likeness (QED) is 0.145. The number of allylic oxidation sites excluding steroid dienone is 2. The molecule has 2 aliphatic heterocycles. The number of hydrogen-bond donors (Lipinski definition) is 9. The SMILES string of the molecule is CC(C)=CCC[C@](C)(O[C@@H]1O[C@H](CO[C@H]2OC[C@@H](O)[C@H](O)[C@H]2O)[C@@H](O)[C@H](O)[C@H]1O)[C@H]1CC[C@]2(C)[C@@H]1[C@H](O)C[C@@H]1[C@]3(CO)CC[C@@H](O)C(C)(C)[C@H]3CC[C@]12C. The van der Waals surface area contributed by atoms with Crippen molar-refractivity contribution in [3.63, 3.8) is 0 Å². The molecule has 19 atom stereocenters. The monoisotopic (exact) mass is 770 g/mol. The summed E-state index contributed by atoms with van der Waals surface area (Å²) in [7, 11) is 0. The van der Waals surface area contributed by atoms with E-state index in [1.807, 2.05) is 20.8 Å². The molecule has 13 heteroatoms. The van der Waals surface area contributed by atoms with Crippen molar-refractivity contribution < 1.29 is 64.9 Å². The second kappa shape index (κ2) is 15.4. The number of aliphatic hydroxyl groups excluding tert-OH is 9. The standard InChI is InChI=1S/C41H70O13/c1-21(2)9-8-13-40(7,54-36-34(50)32(48)31(47)25(53-36)19-52-35-33(49)30(46)24(44)18-51-35)22-10-14-39(6)29(22)23(43)17-27-38(39,5)15-11-26-37(3,4)28(45)12-16-41(26,27)20-42/h9,22-36,42-50H,8,10-20H2,1-7H3/t22-,23+,24+,25+,26+,27-,28+,29-,30-,31+,32-,33+,34+,35+,36-,38+,39+,40-,41-/m0/s1. The Morgan fingerprint density at radius 3 is 2.11 bits per heavy atom. The fourth-order valence-electron chi connectivity index (χ4n) is 12.9. The minimum atomic E-state index is -1.65. The van der Waals surface area contributed by atoms with Crippen LogP contribution in [0, 0.1) is 45.3 Å². The molecule has 0 amide bonds. The van der Waals surface area contributed by atoms with Gasteiger partial charge >= 0.3 is 0 Å². The summed E-state index contributed by atoms with van der Waals surface area (Å²) < 4.78 is 24.0. The van der Waals surface area contributed by atoms with Gasteiger partial charge in [0.05, 0.1) is 31.0 Å². The van der Waals surface area contributed by atoms with Crippen molar-refractivity contribution >= 4 is 0 Å². The number of fused-ring (bicyclic) bond motifs is 5. The van der Waals surface area contributed by atoms with Gasteiger partial charge in [0.15, 0.2) is 12.6 Å². The number of hydrogen-bond acceptors (Lipinski definition) is 13. The maximum Gasteiger partial charge on any atom is 0.187 e. The van der Waals surface area contributed by atoms with Crippen LogP contribution < -0.4 is 0 Å². The first-order chi connectivity index (χ1) is 25.2. The molecule has 0 aromatic rings. The van der Waals surface area contributed by atoms with E-state index < -0.39 is 78.5 Å². The summed E-state index contributed by atoms with van der Waals surface area (Å²) in [6, 6.07) is 0. The molecule has 312 valence electrons. The largest absolute Gasteiger partial charge is 0.396 e. The topological polar surface area (TPSA) is 219 Å². The van der Waals surface area contributed by atoms with Crippen molar-refractivity contribution in [2.24, 2.45) is 45.3 Å². The molecule has 4 aliphatic carbocycles. The number of aliphatic hydroxyl groups is 9. The van der Waals surface area contributed by atoms with Gasteiger partial charge in [-0.05, 0) is 118 Å². The van der Waals surface area contributed by atoms with Gasteiger partial charge in [-0.1, -0.05) is 39.3 Å². The zero-order valence-electron chi connectivity index (χ0n) is 33.4. The molecule has 2 heterocycles. The van der Waals surface area contributed by atoms with Gasteiger partial charge in [0.2, 0.25) is 0 Å². The Labute approximate surface area is 320 Å². The molecule has 0 aromatic heterocycles. The van der Waals surface area contributed by atoms with Crippen LogP contribution in [0.2, 0.25) is 0 Å². The lowest BCUT2D eigenvalue weighted by atomic mass is 9.34. The Morgan fingerprint density at radius 1 is 0.778 bits per heavy atom. The summed E-state index contributed by atoms with van der Waals surface area (Å²) in [4.78, 5) is 0. The normalized spacial score (nSPS) is 51.4. The Hall–Kier alpha value is -0.780. The van der Waals surface area contributed by atoms with Crippen LogP contribution in [-0.4, -0.2) is 139 Å². The minimum Gasteiger partial charge on any atom is -0.396 e.